The topological polar surface area (TPSA) is 21.6 Å². The van der Waals surface area contributed by atoms with Gasteiger partial charge in [0.2, 0.25) is 0 Å². The minimum absolute atomic E-state index is 0.244. The highest BCUT2D eigenvalue weighted by molar-refractivity contribution is 5.88. The Morgan fingerprint density at radius 3 is 2.73 bits per heavy atom. The molecule has 1 aliphatic rings. The third-order valence-corrected chi connectivity index (χ3v) is 2.03. The van der Waals surface area contributed by atoms with Crippen LogP contribution in [0.5, 0.6) is 5.75 Å². The van der Waals surface area contributed by atoms with Crippen LogP contribution in [0.25, 0.3) is 0 Å². The maximum absolute atomic E-state index is 12.4. The molecule has 0 saturated carbocycles. The van der Waals surface area contributed by atoms with Crippen molar-refractivity contribution >= 4 is 11.4 Å². The van der Waals surface area contributed by atoms with Crippen LogP contribution in [0.4, 0.5) is 18.9 Å². The first-order valence-corrected chi connectivity index (χ1v) is 4.35. The van der Waals surface area contributed by atoms with Crippen LogP contribution in [-0.2, 0) is 6.18 Å². The van der Waals surface area contributed by atoms with Gasteiger partial charge in [0.15, 0.2) is 0 Å². The van der Waals surface area contributed by atoms with Gasteiger partial charge in [-0.3, -0.25) is 4.99 Å². The average molecular weight is 215 g/mol. The minimum atomic E-state index is -4.34. The molecule has 5 heteroatoms. The number of halogens is 3. The summed E-state index contributed by atoms with van der Waals surface area (Å²) in [6.07, 6.45) is -4.34. The van der Waals surface area contributed by atoms with E-state index in [2.05, 4.69) is 4.99 Å². The van der Waals surface area contributed by atoms with Gasteiger partial charge >= 0.3 is 6.18 Å². The fraction of sp³-hybridized carbons (Fsp3) is 0.300. The second kappa shape index (κ2) is 3.25. The van der Waals surface area contributed by atoms with Gasteiger partial charge in [0, 0.05) is 0 Å². The van der Waals surface area contributed by atoms with Gasteiger partial charge in [0.25, 0.3) is 0 Å². The lowest BCUT2D eigenvalue weighted by atomic mass is 10.1. The molecule has 0 unspecified atom stereocenters. The fourth-order valence-corrected chi connectivity index (χ4v) is 1.32. The maximum Gasteiger partial charge on any atom is 0.416 e. The summed E-state index contributed by atoms with van der Waals surface area (Å²) in [5, 5.41) is 0. The average Bonchev–Trinajstić information content (AvgIpc) is 2.15. The van der Waals surface area contributed by atoms with Crippen LogP contribution in [0.3, 0.4) is 0 Å². The van der Waals surface area contributed by atoms with E-state index in [0.29, 0.717) is 18.1 Å². The Hall–Kier alpha value is -1.52. The predicted octanol–water partition coefficient (Wildman–Crippen LogP) is 3.19. The van der Waals surface area contributed by atoms with E-state index in [1.807, 2.05) is 0 Å². The third-order valence-electron chi connectivity index (χ3n) is 2.03. The first kappa shape index (κ1) is 10.0. The molecule has 0 amide bonds. The Kier molecular flexibility index (Phi) is 2.17. The van der Waals surface area contributed by atoms with Crippen LogP contribution in [0.15, 0.2) is 23.2 Å². The van der Waals surface area contributed by atoms with Crippen molar-refractivity contribution in [2.75, 3.05) is 6.61 Å². The number of benzene rings is 1. The first-order valence-electron chi connectivity index (χ1n) is 4.35. The molecule has 15 heavy (non-hydrogen) atoms. The molecule has 0 aliphatic carbocycles. The fourth-order valence-electron chi connectivity index (χ4n) is 1.32. The Labute approximate surface area is 84.4 Å². The molecule has 0 N–H and O–H groups in total. The summed E-state index contributed by atoms with van der Waals surface area (Å²) in [5.74, 6) is 0.397. The molecule has 0 fully saturated rings. The van der Waals surface area contributed by atoms with Crippen LogP contribution in [0.2, 0.25) is 0 Å². The lowest BCUT2D eigenvalue weighted by Crippen LogP contribution is -2.12. The molecule has 80 valence electrons. The molecule has 1 aliphatic heterocycles. The van der Waals surface area contributed by atoms with Crippen LogP contribution in [0, 0.1) is 0 Å². The van der Waals surface area contributed by atoms with E-state index >= 15 is 0 Å². The maximum atomic E-state index is 12.4. The SMILES string of the molecule is CC1=Nc2cc(C(F)(F)F)ccc2OC1. The molecule has 0 spiro atoms. The molecular formula is C10H8F3NO. The first-order chi connectivity index (χ1) is 6.97. The van der Waals surface area contributed by atoms with Crippen molar-refractivity contribution in [3.8, 4) is 5.75 Å². The molecule has 2 rings (SSSR count). The van der Waals surface area contributed by atoms with Crippen molar-refractivity contribution in [3.05, 3.63) is 23.8 Å². The summed E-state index contributed by atoms with van der Waals surface area (Å²) in [7, 11) is 0. The third kappa shape index (κ3) is 1.95. The van der Waals surface area contributed by atoms with Crippen molar-refractivity contribution in [1.29, 1.82) is 0 Å². The van der Waals surface area contributed by atoms with E-state index in [0.717, 1.165) is 12.1 Å². The molecular weight excluding hydrogens is 207 g/mol. The predicted molar refractivity (Wildman–Crippen MR) is 49.7 cm³/mol. The van der Waals surface area contributed by atoms with Gasteiger partial charge in [0.1, 0.15) is 18.0 Å². The lowest BCUT2D eigenvalue weighted by Gasteiger charge is -2.16. The number of alkyl halides is 3. The Balaban J connectivity index is 2.47. The van der Waals surface area contributed by atoms with Crippen LogP contribution >= 0.6 is 0 Å². The summed E-state index contributed by atoms with van der Waals surface area (Å²) >= 11 is 0. The Morgan fingerprint density at radius 2 is 2.07 bits per heavy atom. The quantitative estimate of drug-likeness (QED) is 0.651. The van der Waals surface area contributed by atoms with E-state index in [1.165, 1.54) is 6.07 Å². The van der Waals surface area contributed by atoms with E-state index in [1.54, 1.807) is 6.92 Å². The molecule has 0 radical (unpaired) electrons. The number of rotatable bonds is 0. The summed E-state index contributed by atoms with van der Waals surface area (Å²) < 4.78 is 42.3. The smallest absolute Gasteiger partial charge is 0.416 e. The van der Waals surface area contributed by atoms with Gasteiger partial charge < -0.3 is 4.74 Å². The monoisotopic (exact) mass is 215 g/mol. The van der Waals surface area contributed by atoms with Gasteiger partial charge in [-0.2, -0.15) is 13.2 Å². The summed E-state index contributed by atoms with van der Waals surface area (Å²) in [6, 6.07) is 3.29. The van der Waals surface area contributed by atoms with Crippen molar-refractivity contribution < 1.29 is 17.9 Å². The largest absolute Gasteiger partial charge is 0.485 e. The normalized spacial score (nSPS) is 15.3. The Bertz CT molecular complexity index is 423. The van der Waals surface area contributed by atoms with Gasteiger partial charge in [-0.15, -0.1) is 0 Å². The van der Waals surface area contributed by atoms with Gasteiger partial charge in [-0.25, -0.2) is 0 Å². The van der Waals surface area contributed by atoms with E-state index in [-0.39, 0.29) is 5.69 Å². The number of hydrogen-bond acceptors (Lipinski definition) is 2. The van der Waals surface area contributed by atoms with Crippen molar-refractivity contribution in [2.45, 2.75) is 13.1 Å². The Morgan fingerprint density at radius 1 is 1.33 bits per heavy atom. The lowest BCUT2D eigenvalue weighted by molar-refractivity contribution is -0.137. The standard InChI is InChI=1S/C10H8F3NO/c1-6-5-15-9-3-2-7(10(11,12)13)4-8(9)14-6/h2-4H,5H2,1H3. The number of nitrogens with zero attached hydrogens (tertiary/aromatic N) is 1. The van der Waals surface area contributed by atoms with Gasteiger partial charge in [-0.05, 0) is 25.1 Å². The van der Waals surface area contributed by atoms with Gasteiger partial charge in [-0.1, -0.05) is 0 Å². The van der Waals surface area contributed by atoms with Crippen molar-refractivity contribution in [1.82, 2.24) is 0 Å². The van der Waals surface area contributed by atoms with Crippen molar-refractivity contribution in [2.24, 2.45) is 4.99 Å². The zero-order valence-electron chi connectivity index (χ0n) is 7.93. The molecule has 2 nitrogen and oxygen atoms in total. The summed E-state index contributed by atoms with van der Waals surface area (Å²) in [5.41, 5.74) is 0.207. The van der Waals surface area contributed by atoms with Crippen LogP contribution in [0.1, 0.15) is 12.5 Å². The number of ether oxygens (including phenoxy) is 1. The van der Waals surface area contributed by atoms with Gasteiger partial charge in [0.05, 0.1) is 11.3 Å². The number of aliphatic imine (C=N–C) groups is 1. The molecule has 0 aromatic heterocycles. The summed E-state index contributed by atoms with van der Waals surface area (Å²) in [6.45, 7) is 2.04. The van der Waals surface area contributed by atoms with E-state index < -0.39 is 11.7 Å². The highest BCUT2D eigenvalue weighted by atomic mass is 19.4. The highest BCUT2D eigenvalue weighted by Gasteiger charge is 2.31. The van der Waals surface area contributed by atoms with Crippen LogP contribution in [-0.4, -0.2) is 12.3 Å². The molecule has 0 bridgehead atoms. The zero-order chi connectivity index (χ0) is 11.1. The minimum Gasteiger partial charge on any atom is -0.485 e. The molecule has 1 aromatic carbocycles. The second-order valence-electron chi connectivity index (χ2n) is 3.32. The summed E-state index contributed by atoms with van der Waals surface area (Å²) in [4.78, 5) is 4.01. The molecule has 1 aromatic rings. The highest BCUT2D eigenvalue weighted by Crippen LogP contribution is 2.37. The van der Waals surface area contributed by atoms with Crippen LogP contribution < -0.4 is 4.74 Å². The molecule has 0 saturated heterocycles. The number of hydrogen-bond donors (Lipinski definition) is 0. The molecule has 1 heterocycles. The second-order valence-corrected chi connectivity index (χ2v) is 3.32. The number of fused-ring (bicyclic) bond motifs is 1. The van der Waals surface area contributed by atoms with Crippen molar-refractivity contribution in [3.63, 3.8) is 0 Å². The van der Waals surface area contributed by atoms with E-state index in [4.69, 9.17) is 4.74 Å². The molecule has 0 atom stereocenters. The zero-order valence-corrected chi connectivity index (χ0v) is 7.93. The van der Waals surface area contributed by atoms with E-state index in [9.17, 15) is 13.2 Å².